The van der Waals surface area contributed by atoms with Gasteiger partial charge < -0.3 is 9.47 Å². The molecule has 0 spiro atoms. The zero-order valence-corrected chi connectivity index (χ0v) is 68.1. The molecule has 8 aromatic rings. The van der Waals surface area contributed by atoms with Crippen LogP contribution in [0.15, 0.2) is 103 Å². The van der Waals surface area contributed by atoms with Crippen molar-refractivity contribution >= 4 is 0 Å². The molecule has 558 valence electrons. The Kier molecular flexibility index (Phi) is 34.3. The second-order valence-corrected chi connectivity index (χ2v) is 31.6. The van der Waals surface area contributed by atoms with Crippen LogP contribution in [0.4, 0.5) is 39.5 Å². The van der Waals surface area contributed by atoms with Crippen molar-refractivity contribution in [3.05, 3.63) is 265 Å². The normalized spacial score (nSPS) is 11.5. The lowest BCUT2D eigenvalue weighted by atomic mass is 9.83. The first-order valence-electron chi connectivity index (χ1n) is 34.7. The van der Waals surface area contributed by atoms with Crippen molar-refractivity contribution in [2.24, 2.45) is 0 Å². The monoisotopic (exact) mass is 1410 g/mol. The number of alkyl halides is 6. The van der Waals surface area contributed by atoms with Gasteiger partial charge in [0.2, 0.25) is 0 Å². The molecule has 0 aromatic heterocycles. The molecule has 101 heavy (non-hydrogen) atoms. The molecule has 0 heterocycles. The van der Waals surface area contributed by atoms with Gasteiger partial charge in [0.25, 0.3) is 0 Å². The van der Waals surface area contributed by atoms with Gasteiger partial charge in [0, 0.05) is 12.1 Å². The lowest BCUT2D eigenvalue weighted by Gasteiger charge is -2.23. The summed E-state index contributed by atoms with van der Waals surface area (Å²) in [4.78, 5) is 0. The quantitative estimate of drug-likeness (QED) is 0.164. The van der Waals surface area contributed by atoms with Gasteiger partial charge in [-0.05, 0) is 317 Å². The van der Waals surface area contributed by atoms with Crippen LogP contribution in [-0.4, -0.2) is 14.2 Å². The second-order valence-electron chi connectivity index (χ2n) is 31.6. The van der Waals surface area contributed by atoms with Gasteiger partial charge in [-0.1, -0.05) is 163 Å². The summed E-state index contributed by atoms with van der Waals surface area (Å²) in [7, 11) is 3.06. The smallest absolute Gasteiger partial charge is 0.416 e. The number of halogens is 9. The van der Waals surface area contributed by atoms with E-state index in [2.05, 4.69) is 180 Å². The van der Waals surface area contributed by atoms with Crippen LogP contribution in [0.2, 0.25) is 0 Å². The molecule has 0 aliphatic carbocycles. The van der Waals surface area contributed by atoms with E-state index in [9.17, 15) is 39.5 Å². The molecule has 0 N–H and O–H groups in total. The number of hydrogen-bond donors (Lipinski definition) is 0. The van der Waals surface area contributed by atoms with Crippen LogP contribution in [-0.2, 0) is 34.0 Å². The van der Waals surface area contributed by atoms with Gasteiger partial charge in [-0.2, -0.15) is 26.3 Å². The fraction of sp³-hybridized carbons (Fsp3) is 0.467. The molecule has 8 aromatic carbocycles. The molecule has 2 nitrogen and oxygen atoms in total. The standard InChI is InChI=1S/C13H17F3.2C13H20.C12H17F.C11H16.C10H11F3.2C9H11FO/c1-8-6-10(12(3,4)5)7-11(9(8)2)13(14,15)16;2*1-9-7-12(13(4,5)6)8-10(2)11(9)3;1-8-6-10(12(3,4)5)7-11(13)9(8)2;1-8(2)11-7-5-6-9(3)10(11)4;1-6-4-7(2)8(3)9(5-6)10(11,12)13;2*1-6-4-8(11-3)5-9(10)7(6)2/h6-7H,1-5H3;2*7-8H,1-6H3;6-7H,1-5H3;5-8H,1-4H3;4-5H,1-3H3;2*4-5H,1-3H3. The predicted octanol–water partition coefficient (Wildman–Crippen LogP) is 28.1. The van der Waals surface area contributed by atoms with Crippen molar-refractivity contribution in [2.75, 3.05) is 14.2 Å². The maximum absolute atomic E-state index is 13.4. The molecule has 0 unspecified atom stereocenters. The summed E-state index contributed by atoms with van der Waals surface area (Å²) in [6.45, 7) is 66.7. The average Bonchev–Trinajstić information content (AvgIpc) is 0.811. The van der Waals surface area contributed by atoms with Crippen molar-refractivity contribution < 1.29 is 49.0 Å². The molecular weight excluding hydrogens is 1280 g/mol. The number of aryl methyl sites for hydroxylation is 11. The Bertz CT molecular complexity index is 3680. The number of benzene rings is 8. The lowest BCUT2D eigenvalue weighted by molar-refractivity contribution is -0.139. The predicted molar refractivity (Wildman–Crippen MR) is 413 cm³/mol. The summed E-state index contributed by atoms with van der Waals surface area (Å²) in [5, 5.41) is 0. The van der Waals surface area contributed by atoms with Crippen LogP contribution in [0.5, 0.6) is 11.5 Å². The third kappa shape index (κ3) is 28.8. The fourth-order valence-corrected chi connectivity index (χ4v) is 10.3. The fourth-order valence-electron chi connectivity index (χ4n) is 10.3. The van der Waals surface area contributed by atoms with Gasteiger partial charge >= 0.3 is 12.4 Å². The summed E-state index contributed by atoms with van der Waals surface area (Å²) in [6, 6.07) is 31.9. The van der Waals surface area contributed by atoms with Gasteiger partial charge in [0.05, 0.1) is 25.3 Å². The van der Waals surface area contributed by atoms with Crippen molar-refractivity contribution in [2.45, 2.75) is 268 Å². The van der Waals surface area contributed by atoms with Crippen LogP contribution in [0.25, 0.3) is 0 Å². The highest BCUT2D eigenvalue weighted by Gasteiger charge is 2.35. The minimum absolute atomic E-state index is 0.0271. The number of methoxy groups -OCH3 is 2. The Balaban J connectivity index is 0.000000579. The van der Waals surface area contributed by atoms with E-state index >= 15 is 0 Å². The summed E-state index contributed by atoms with van der Waals surface area (Å²) in [6.07, 6.45) is -8.50. The van der Waals surface area contributed by atoms with Gasteiger partial charge in [-0.25, -0.2) is 13.2 Å². The molecule has 11 heteroatoms. The molecule has 8 rings (SSSR count). The van der Waals surface area contributed by atoms with Crippen molar-refractivity contribution in [1.29, 1.82) is 0 Å². The Morgan fingerprint density at radius 3 is 0.802 bits per heavy atom. The molecule has 0 amide bonds. The maximum Gasteiger partial charge on any atom is 0.416 e. The Morgan fingerprint density at radius 1 is 0.277 bits per heavy atom. The van der Waals surface area contributed by atoms with Crippen molar-refractivity contribution in [1.82, 2.24) is 0 Å². The van der Waals surface area contributed by atoms with Crippen LogP contribution < -0.4 is 9.47 Å². The molecular formula is C90H123F9O2. The largest absolute Gasteiger partial charge is 0.497 e. The van der Waals surface area contributed by atoms with Crippen LogP contribution in [0, 0.1) is 149 Å². The highest BCUT2D eigenvalue weighted by molar-refractivity contribution is 5.45. The van der Waals surface area contributed by atoms with E-state index in [4.69, 9.17) is 9.47 Å². The van der Waals surface area contributed by atoms with E-state index in [0.29, 0.717) is 56.4 Å². The third-order valence-electron chi connectivity index (χ3n) is 18.9. The number of rotatable bonds is 3. The molecule has 0 bridgehead atoms. The molecule has 0 saturated carbocycles. The van der Waals surface area contributed by atoms with E-state index in [1.54, 1.807) is 46.8 Å². The molecule has 0 aliphatic heterocycles. The zero-order chi connectivity index (χ0) is 78.9. The lowest BCUT2D eigenvalue weighted by Crippen LogP contribution is -2.16. The SMILES string of the molecule is COc1cc(C)c(C)c(F)c1.COc1cc(C)c(C)c(F)c1.Cc1cc(C(C)(C)C)cc(C(F)(F)F)c1C.Cc1cc(C(C)(C)C)cc(C)c1C.Cc1cc(C(C)(C)C)cc(C)c1C.Cc1cc(C(C)(C)C)cc(F)c1C.Cc1cc(C)c(C)c(C(F)(F)F)c1.Cc1cccc(C(C)C)c1C. The highest BCUT2D eigenvalue weighted by atomic mass is 19.4. The Hall–Kier alpha value is -7.27. The third-order valence-corrected chi connectivity index (χ3v) is 18.9. The van der Waals surface area contributed by atoms with E-state index in [0.717, 1.165) is 33.4 Å². The van der Waals surface area contributed by atoms with Gasteiger partial charge in [-0.15, -0.1) is 0 Å². The summed E-state index contributed by atoms with van der Waals surface area (Å²) >= 11 is 0. The minimum Gasteiger partial charge on any atom is -0.497 e. The molecule has 0 radical (unpaired) electrons. The first kappa shape index (κ1) is 91.7. The Morgan fingerprint density at radius 2 is 0.535 bits per heavy atom. The topological polar surface area (TPSA) is 18.5 Å². The minimum atomic E-state index is -4.27. The second kappa shape index (κ2) is 37.8. The van der Waals surface area contributed by atoms with Gasteiger partial charge in [0.15, 0.2) is 0 Å². The summed E-state index contributed by atoms with van der Waals surface area (Å²) in [5.74, 6) is 1.29. The molecule has 0 atom stereocenters. The molecule has 0 aliphatic rings. The molecule has 0 fully saturated rings. The summed E-state index contributed by atoms with van der Waals surface area (Å²) in [5.41, 5.74) is 24.4. The van der Waals surface area contributed by atoms with E-state index in [-0.39, 0.29) is 39.1 Å². The van der Waals surface area contributed by atoms with Gasteiger partial charge in [0.1, 0.15) is 29.0 Å². The molecule has 0 saturated heterocycles. The van der Waals surface area contributed by atoms with Gasteiger partial charge in [-0.3, -0.25) is 0 Å². The number of ether oxygens (including phenoxy) is 2. The first-order valence-corrected chi connectivity index (χ1v) is 34.7. The summed E-state index contributed by atoms with van der Waals surface area (Å²) < 4.78 is 125. The average molecular weight is 1410 g/mol. The first-order chi connectivity index (χ1) is 45.7. The van der Waals surface area contributed by atoms with E-state index < -0.39 is 23.5 Å². The van der Waals surface area contributed by atoms with Crippen LogP contribution >= 0.6 is 0 Å². The number of hydrogen-bond acceptors (Lipinski definition) is 2. The van der Waals surface area contributed by atoms with Crippen LogP contribution in [0.3, 0.4) is 0 Å². The van der Waals surface area contributed by atoms with Crippen molar-refractivity contribution in [3.63, 3.8) is 0 Å². The van der Waals surface area contributed by atoms with E-state index in [1.807, 2.05) is 66.7 Å². The zero-order valence-electron chi connectivity index (χ0n) is 68.1. The van der Waals surface area contributed by atoms with Crippen molar-refractivity contribution in [3.8, 4) is 11.5 Å². The van der Waals surface area contributed by atoms with Crippen LogP contribution in [0.1, 0.15) is 247 Å². The maximum atomic E-state index is 13.4. The van der Waals surface area contributed by atoms with E-state index in [1.165, 1.54) is 114 Å². The highest BCUT2D eigenvalue weighted by Crippen LogP contribution is 2.38. The Labute approximate surface area is 605 Å².